The molecule has 2 nitrogen and oxygen atoms in total. The lowest BCUT2D eigenvalue weighted by Gasteiger charge is -2.28. The van der Waals surface area contributed by atoms with E-state index in [0.717, 1.165) is 13.1 Å². The Morgan fingerprint density at radius 1 is 0.938 bits per heavy atom. The van der Waals surface area contributed by atoms with E-state index in [1.54, 1.807) is 0 Å². The number of hydrogen-bond donors (Lipinski definition) is 2. The van der Waals surface area contributed by atoms with Crippen LogP contribution < -0.4 is 5.32 Å². The van der Waals surface area contributed by atoms with Gasteiger partial charge >= 0.3 is 0 Å². The van der Waals surface area contributed by atoms with Crippen molar-refractivity contribution in [3.63, 3.8) is 0 Å². The van der Waals surface area contributed by atoms with Gasteiger partial charge in [-0.2, -0.15) is 0 Å². The van der Waals surface area contributed by atoms with Crippen LogP contribution in [0.1, 0.15) is 60.3 Å². The standard InChI is InChI=1S/C14H31NO/c1-6-7-8-9-13(2,3)10-15-11-14(4,5)12-16/h15-16H,6-12H2,1-5H3. The van der Waals surface area contributed by atoms with Gasteiger partial charge in [-0.05, 0) is 11.8 Å². The summed E-state index contributed by atoms with van der Waals surface area (Å²) in [5.41, 5.74) is 0.375. The number of aliphatic hydroxyl groups is 1. The lowest BCUT2D eigenvalue weighted by molar-refractivity contribution is 0.151. The molecule has 0 saturated carbocycles. The first kappa shape index (κ1) is 15.9. The minimum Gasteiger partial charge on any atom is -0.396 e. The van der Waals surface area contributed by atoms with Gasteiger partial charge in [0.15, 0.2) is 0 Å². The van der Waals surface area contributed by atoms with E-state index in [9.17, 15) is 0 Å². The summed E-state index contributed by atoms with van der Waals surface area (Å²) in [5.74, 6) is 0. The smallest absolute Gasteiger partial charge is 0.0494 e. The highest BCUT2D eigenvalue weighted by molar-refractivity contribution is 4.75. The predicted octanol–water partition coefficient (Wildman–Crippen LogP) is 3.20. The molecular weight excluding hydrogens is 198 g/mol. The Hall–Kier alpha value is -0.0800. The average Bonchev–Trinajstić information content (AvgIpc) is 2.17. The first-order valence-corrected chi connectivity index (χ1v) is 6.64. The van der Waals surface area contributed by atoms with Gasteiger partial charge < -0.3 is 10.4 Å². The van der Waals surface area contributed by atoms with Gasteiger partial charge in [0, 0.05) is 25.1 Å². The van der Waals surface area contributed by atoms with Gasteiger partial charge in [0.1, 0.15) is 0 Å². The van der Waals surface area contributed by atoms with E-state index in [1.165, 1.54) is 25.7 Å². The van der Waals surface area contributed by atoms with Crippen LogP contribution in [0.3, 0.4) is 0 Å². The van der Waals surface area contributed by atoms with Gasteiger partial charge in [0.05, 0.1) is 0 Å². The van der Waals surface area contributed by atoms with E-state index in [4.69, 9.17) is 5.11 Å². The van der Waals surface area contributed by atoms with Gasteiger partial charge in [-0.25, -0.2) is 0 Å². The third-order valence-electron chi connectivity index (χ3n) is 3.09. The van der Waals surface area contributed by atoms with Crippen molar-refractivity contribution in [2.24, 2.45) is 10.8 Å². The van der Waals surface area contributed by atoms with Crippen LogP contribution in [0.2, 0.25) is 0 Å². The zero-order valence-corrected chi connectivity index (χ0v) is 11.9. The largest absolute Gasteiger partial charge is 0.396 e. The maximum Gasteiger partial charge on any atom is 0.0494 e. The van der Waals surface area contributed by atoms with Crippen molar-refractivity contribution < 1.29 is 5.11 Å². The normalized spacial score (nSPS) is 13.1. The first-order valence-electron chi connectivity index (χ1n) is 6.64. The van der Waals surface area contributed by atoms with Crippen molar-refractivity contribution in [1.29, 1.82) is 0 Å². The van der Waals surface area contributed by atoms with E-state index < -0.39 is 0 Å². The zero-order valence-electron chi connectivity index (χ0n) is 11.9. The quantitative estimate of drug-likeness (QED) is 0.595. The summed E-state index contributed by atoms with van der Waals surface area (Å²) in [6.07, 6.45) is 5.24. The van der Waals surface area contributed by atoms with E-state index in [2.05, 4.69) is 39.9 Å². The SMILES string of the molecule is CCCCCC(C)(C)CNCC(C)(C)CO. The summed E-state index contributed by atoms with van der Waals surface area (Å²) in [6, 6.07) is 0. The molecular formula is C14H31NO. The fraction of sp³-hybridized carbons (Fsp3) is 1.00. The minimum atomic E-state index is -0.000497. The second-order valence-electron chi connectivity index (χ2n) is 6.55. The highest BCUT2D eigenvalue weighted by Gasteiger charge is 2.20. The fourth-order valence-corrected chi connectivity index (χ4v) is 1.74. The third kappa shape index (κ3) is 8.12. The number of hydrogen-bond acceptors (Lipinski definition) is 2. The Morgan fingerprint density at radius 3 is 2.00 bits per heavy atom. The first-order chi connectivity index (χ1) is 7.33. The molecule has 0 aliphatic carbocycles. The van der Waals surface area contributed by atoms with E-state index in [1.807, 2.05) is 0 Å². The summed E-state index contributed by atoms with van der Waals surface area (Å²) in [4.78, 5) is 0. The highest BCUT2D eigenvalue weighted by atomic mass is 16.3. The summed E-state index contributed by atoms with van der Waals surface area (Å²) in [5, 5.41) is 12.6. The molecule has 0 aliphatic heterocycles. The van der Waals surface area contributed by atoms with Crippen LogP contribution in [0.5, 0.6) is 0 Å². The number of nitrogens with one attached hydrogen (secondary N) is 1. The predicted molar refractivity (Wildman–Crippen MR) is 71.7 cm³/mol. The maximum atomic E-state index is 9.16. The van der Waals surface area contributed by atoms with Crippen LogP contribution in [-0.2, 0) is 0 Å². The molecule has 0 heterocycles. The Bertz CT molecular complexity index is 176. The molecule has 0 aromatic carbocycles. The van der Waals surface area contributed by atoms with Gasteiger partial charge in [-0.1, -0.05) is 53.9 Å². The molecule has 0 fully saturated rings. The fourth-order valence-electron chi connectivity index (χ4n) is 1.74. The van der Waals surface area contributed by atoms with Crippen molar-refractivity contribution in [2.45, 2.75) is 60.3 Å². The zero-order chi connectivity index (χ0) is 12.7. The summed E-state index contributed by atoms with van der Waals surface area (Å²) in [7, 11) is 0. The van der Waals surface area contributed by atoms with E-state index >= 15 is 0 Å². The second kappa shape index (κ2) is 7.29. The number of rotatable bonds is 9. The van der Waals surface area contributed by atoms with E-state index in [0.29, 0.717) is 5.41 Å². The monoisotopic (exact) mass is 229 g/mol. The van der Waals surface area contributed by atoms with Crippen LogP contribution in [0, 0.1) is 10.8 Å². The van der Waals surface area contributed by atoms with Crippen LogP contribution in [0.15, 0.2) is 0 Å². The van der Waals surface area contributed by atoms with Crippen LogP contribution >= 0.6 is 0 Å². The molecule has 0 unspecified atom stereocenters. The second-order valence-corrected chi connectivity index (χ2v) is 6.55. The van der Waals surface area contributed by atoms with Crippen molar-refractivity contribution in [3.8, 4) is 0 Å². The molecule has 98 valence electrons. The molecule has 0 saturated heterocycles. The Labute approximate surface area is 102 Å². The van der Waals surface area contributed by atoms with Crippen LogP contribution in [-0.4, -0.2) is 24.8 Å². The van der Waals surface area contributed by atoms with Gasteiger partial charge in [0.2, 0.25) is 0 Å². The number of aliphatic hydroxyl groups excluding tert-OH is 1. The van der Waals surface area contributed by atoms with Gasteiger partial charge in [-0.3, -0.25) is 0 Å². The molecule has 0 atom stereocenters. The Kier molecular flexibility index (Phi) is 7.25. The van der Waals surface area contributed by atoms with Crippen LogP contribution in [0.4, 0.5) is 0 Å². The van der Waals surface area contributed by atoms with Crippen molar-refractivity contribution >= 4 is 0 Å². The molecule has 0 aromatic rings. The van der Waals surface area contributed by atoms with Gasteiger partial charge in [0.25, 0.3) is 0 Å². The van der Waals surface area contributed by atoms with Gasteiger partial charge in [-0.15, -0.1) is 0 Å². The summed E-state index contributed by atoms with van der Waals surface area (Å²) in [6.45, 7) is 13.2. The van der Waals surface area contributed by atoms with Crippen molar-refractivity contribution in [3.05, 3.63) is 0 Å². The minimum absolute atomic E-state index is 0.000497. The third-order valence-corrected chi connectivity index (χ3v) is 3.09. The maximum absolute atomic E-state index is 9.16. The summed E-state index contributed by atoms with van der Waals surface area (Å²) < 4.78 is 0. The molecule has 0 aliphatic rings. The van der Waals surface area contributed by atoms with Crippen LogP contribution in [0.25, 0.3) is 0 Å². The molecule has 0 rings (SSSR count). The topological polar surface area (TPSA) is 32.3 Å². The summed E-state index contributed by atoms with van der Waals surface area (Å²) >= 11 is 0. The molecule has 2 N–H and O–H groups in total. The number of unbranched alkanes of at least 4 members (excludes halogenated alkanes) is 2. The molecule has 0 bridgehead atoms. The van der Waals surface area contributed by atoms with Crippen molar-refractivity contribution in [1.82, 2.24) is 5.32 Å². The molecule has 0 spiro atoms. The molecule has 2 heteroatoms. The Balaban J connectivity index is 3.73. The average molecular weight is 229 g/mol. The lowest BCUT2D eigenvalue weighted by Crippen LogP contribution is -2.37. The molecule has 0 amide bonds. The van der Waals surface area contributed by atoms with E-state index in [-0.39, 0.29) is 12.0 Å². The molecule has 16 heavy (non-hydrogen) atoms. The molecule has 0 radical (unpaired) electrons. The lowest BCUT2D eigenvalue weighted by atomic mass is 9.86. The molecule has 0 aromatic heterocycles. The highest BCUT2D eigenvalue weighted by Crippen LogP contribution is 2.23. The Morgan fingerprint density at radius 2 is 1.50 bits per heavy atom. The van der Waals surface area contributed by atoms with Crippen molar-refractivity contribution in [2.75, 3.05) is 19.7 Å².